The van der Waals surface area contributed by atoms with Crippen LogP contribution in [0.1, 0.15) is 11.4 Å². The number of benzene rings is 1. The summed E-state index contributed by atoms with van der Waals surface area (Å²) in [5.41, 5.74) is 0.534. The molecule has 0 fully saturated rings. The second-order valence-electron chi connectivity index (χ2n) is 3.77. The number of ether oxygens (including phenoxy) is 1. The second kappa shape index (κ2) is 5.69. The zero-order valence-corrected chi connectivity index (χ0v) is 11.5. The van der Waals surface area contributed by atoms with Gasteiger partial charge in [0.25, 0.3) is 0 Å². The van der Waals surface area contributed by atoms with Crippen LogP contribution in [0.15, 0.2) is 35.1 Å². The van der Waals surface area contributed by atoms with Gasteiger partial charge in [-0.2, -0.15) is 5.26 Å². The van der Waals surface area contributed by atoms with Crippen molar-refractivity contribution in [2.24, 2.45) is 0 Å². The molecule has 0 amide bonds. The molecular formula is C13H12BrN3O. The minimum absolute atomic E-state index is 0.507. The molecule has 0 saturated carbocycles. The molecule has 0 saturated heterocycles. The maximum atomic E-state index is 9.00. The molecule has 1 heterocycles. The van der Waals surface area contributed by atoms with Crippen LogP contribution in [0.4, 0.5) is 0 Å². The monoisotopic (exact) mass is 305 g/mol. The Morgan fingerprint density at radius 3 is 3.00 bits per heavy atom. The molecular weight excluding hydrogens is 294 g/mol. The van der Waals surface area contributed by atoms with Crippen LogP contribution < -0.4 is 4.74 Å². The SMILES string of the molecule is Cc1nccn1CCOc1ccc(Br)cc1C#N. The van der Waals surface area contributed by atoms with Gasteiger partial charge in [0.15, 0.2) is 0 Å². The Kier molecular flexibility index (Phi) is 4.00. The van der Waals surface area contributed by atoms with E-state index in [1.807, 2.05) is 23.8 Å². The number of hydrogen-bond acceptors (Lipinski definition) is 3. The first-order valence-corrected chi connectivity index (χ1v) is 6.30. The predicted octanol–water partition coefficient (Wildman–Crippen LogP) is 2.90. The molecule has 0 unspecified atom stereocenters. The number of nitrogens with zero attached hydrogens (tertiary/aromatic N) is 3. The van der Waals surface area contributed by atoms with E-state index in [2.05, 4.69) is 27.0 Å². The van der Waals surface area contributed by atoms with Crippen molar-refractivity contribution in [3.63, 3.8) is 0 Å². The van der Waals surface area contributed by atoms with E-state index in [9.17, 15) is 0 Å². The van der Waals surface area contributed by atoms with Gasteiger partial charge in [0.2, 0.25) is 0 Å². The third-order valence-electron chi connectivity index (χ3n) is 2.58. The van der Waals surface area contributed by atoms with E-state index in [0.29, 0.717) is 24.5 Å². The molecule has 2 aromatic rings. The Bertz CT molecular complexity index is 586. The second-order valence-corrected chi connectivity index (χ2v) is 4.68. The van der Waals surface area contributed by atoms with Gasteiger partial charge in [-0.15, -0.1) is 0 Å². The predicted molar refractivity (Wildman–Crippen MR) is 71.3 cm³/mol. The van der Waals surface area contributed by atoms with Crippen LogP contribution in [-0.4, -0.2) is 16.2 Å². The van der Waals surface area contributed by atoms with Gasteiger partial charge in [0.05, 0.1) is 12.1 Å². The van der Waals surface area contributed by atoms with Gasteiger partial charge in [0.1, 0.15) is 24.3 Å². The lowest BCUT2D eigenvalue weighted by molar-refractivity contribution is 0.296. The van der Waals surface area contributed by atoms with Crippen LogP contribution in [0.2, 0.25) is 0 Å². The molecule has 0 aliphatic carbocycles. The van der Waals surface area contributed by atoms with Gasteiger partial charge in [-0.3, -0.25) is 0 Å². The molecule has 0 atom stereocenters. The van der Waals surface area contributed by atoms with Crippen molar-refractivity contribution in [2.45, 2.75) is 13.5 Å². The zero-order valence-electron chi connectivity index (χ0n) is 9.93. The molecule has 18 heavy (non-hydrogen) atoms. The Labute approximate surface area is 114 Å². The molecule has 0 spiro atoms. The van der Waals surface area contributed by atoms with Gasteiger partial charge >= 0.3 is 0 Å². The van der Waals surface area contributed by atoms with Crippen LogP contribution in [0.25, 0.3) is 0 Å². The average Bonchev–Trinajstić information content (AvgIpc) is 2.77. The van der Waals surface area contributed by atoms with E-state index < -0.39 is 0 Å². The van der Waals surface area contributed by atoms with Gasteiger partial charge < -0.3 is 9.30 Å². The van der Waals surface area contributed by atoms with Crippen molar-refractivity contribution < 1.29 is 4.74 Å². The standard InChI is InChI=1S/C13H12BrN3O/c1-10-16-4-5-17(10)6-7-18-13-3-2-12(14)8-11(13)9-15/h2-5,8H,6-7H2,1H3. The fourth-order valence-corrected chi connectivity index (χ4v) is 1.97. The number of aryl methyl sites for hydroxylation is 1. The minimum atomic E-state index is 0.507. The molecule has 0 bridgehead atoms. The maximum absolute atomic E-state index is 9.00. The highest BCUT2D eigenvalue weighted by molar-refractivity contribution is 9.10. The third kappa shape index (κ3) is 2.90. The highest BCUT2D eigenvalue weighted by Gasteiger charge is 2.04. The van der Waals surface area contributed by atoms with Crippen molar-refractivity contribution in [1.29, 1.82) is 5.26 Å². The molecule has 0 N–H and O–H groups in total. The largest absolute Gasteiger partial charge is 0.490 e. The molecule has 2 rings (SSSR count). The summed E-state index contributed by atoms with van der Waals surface area (Å²) in [6.07, 6.45) is 3.67. The van der Waals surface area contributed by atoms with Crippen LogP contribution in [-0.2, 0) is 6.54 Å². The number of imidazole rings is 1. The fraction of sp³-hybridized carbons (Fsp3) is 0.231. The van der Waals surface area contributed by atoms with E-state index in [1.54, 1.807) is 18.3 Å². The molecule has 0 radical (unpaired) electrons. The van der Waals surface area contributed by atoms with Crippen LogP contribution >= 0.6 is 15.9 Å². The van der Waals surface area contributed by atoms with Gasteiger partial charge in [0, 0.05) is 16.9 Å². The summed E-state index contributed by atoms with van der Waals surface area (Å²) in [6.45, 7) is 3.17. The van der Waals surface area contributed by atoms with Gasteiger partial charge in [-0.25, -0.2) is 4.98 Å². The first-order valence-electron chi connectivity index (χ1n) is 5.51. The van der Waals surface area contributed by atoms with E-state index in [0.717, 1.165) is 10.3 Å². The smallest absolute Gasteiger partial charge is 0.137 e. The summed E-state index contributed by atoms with van der Waals surface area (Å²) in [5, 5.41) is 9.00. The van der Waals surface area contributed by atoms with Crippen molar-refractivity contribution in [3.05, 3.63) is 46.5 Å². The summed E-state index contributed by atoms with van der Waals surface area (Å²) >= 11 is 3.33. The lowest BCUT2D eigenvalue weighted by Crippen LogP contribution is -2.09. The van der Waals surface area contributed by atoms with Gasteiger partial charge in [-0.05, 0) is 25.1 Å². The summed E-state index contributed by atoms with van der Waals surface area (Å²) in [5.74, 6) is 1.56. The van der Waals surface area contributed by atoms with Crippen molar-refractivity contribution in [1.82, 2.24) is 9.55 Å². The highest BCUT2D eigenvalue weighted by atomic mass is 79.9. The molecule has 1 aromatic carbocycles. The van der Waals surface area contributed by atoms with E-state index in [1.165, 1.54) is 0 Å². The Morgan fingerprint density at radius 1 is 1.50 bits per heavy atom. The lowest BCUT2D eigenvalue weighted by atomic mass is 10.2. The normalized spacial score (nSPS) is 10.1. The number of nitriles is 1. The molecule has 0 aliphatic heterocycles. The third-order valence-corrected chi connectivity index (χ3v) is 3.07. The molecule has 5 heteroatoms. The number of rotatable bonds is 4. The zero-order chi connectivity index (χ0) is 13.0. The number of aromatic nitrogens is 2. The quantitative estimate of drug-likeness (QED) is 0.872. The summed E-state index contributed by atoms with van der Waals surface area (Å²) in [7, 11) is 0. The molecule has 0 aliphatic rings. The lowest BCUT2D eigenvalue weighted by Gasteiger charge is -2.09. The molecule has 1 aromatic heterocycles. The van der Waals surface area contributed by atoms with Crippen molar-refractivity contribution in [3.8, 4) is 11.8 Å². The van der Waals surface area contributed by atoms with E-state index in [-0.39, 0.29) is 0 Å². The van der Waals surface area contributed by atoms with Crippen LogP contribution in [0.5, 0.6) is 5.75 Å². The van der Waals surface area contributed by atoms with Gasteiger partial charge in [-0.1, -0.05) is 15.9 Å². The highest BCUT2D eigenvalue weighted by Crippen LogP contribution is 2.22. The molecule has 4 nitrogen and oxygen atoms in total. The first-order chi connectivity index (χ1) is 8.70. The number of halogens is 1. The Balaban J connectivity index is 1.99. The topological polar surface area (TPSA) is 50.8 Å². The Hall–Kier alpha value is -1.80. The summed E-state index contributed by atoms with van der Waals surface area (Å²) in [4.78, 5) is 4.14. The minimum Gasteiger partial charge on any atom is -0.490 e. The molecule has 92 valence electrons. The average molecular weight is 306 g/mol. The summed E-state index contributed by atoms with van der Waals surface area (Å²) < 4.78 is 8.50. The van der Waals surface area contributed by atoms with E-state index in [4.69, 9.17) is 10.00 Å². The number of hydrogen-bond donors (Lipinski definition) is 0. The van der Waals surface area contributed by atoms with Crippen LogP contribution in [0.3, 0.4) is 0 Å². The van der Waals surface area contributed by atoms with Crippen molar-refractivity contribution >= 4 is 15.9 Å². The maximum Gasteiger partial charge on any atom is 0.137 e. The first kappa shape index (κ1) is 12.7. The fourth-order valence-electron chi connectivity index (χ4n) is 1.61. The Morgan fingerprint density at radius 2 is 2.33 bits per heavy atom. The van der Waals surface area contributed by atoms with E-state index >= 15 is 0 Å². The summed E-state index contributed by atoms with van der Waals surface area (Å²) in [6, 6.07) is 7.52. The van der Waals surface area contributed by atoms with Crippen molar-refractivity contribution in [2.75, 3.05) is 6.61 Å². The van der Waals surface area contributed by atoms with Crippen LogP contribution in [0, 0.1) is 18.3 Å².